The van der Waals surface area contributed by atoms with Crippen molar-refractivity contribution in [1.29, 1.82) is 0 Å². The molecule has 57 heavy (non-hydrogen) atoms. The van der Waals surface area contributed by atoms with E-state index in [1.54, 1.807) is 9.80 Å². The number of rotatable bonds is 11. The molecule has 0 saturated carbocycles. The number of amides is 4. The Labute approximate surface area is 334 Å². The van der Waals surface area contributed by atoms with Crippen molar-refractivity contribution in [3.8, 4) is 11.3 Å². The number of carbonyl (C=O) groups is 4. The van der Waals surface area contributed by atoms with Crippen LogP contribution in [0, 0.1) is 5.92 Å². The van der Waals surface area contributed by atoms with Gasteiger partial charge in [-0.1, -0.05) is 72.8 Å². The van der Waals surface area contributed by atoms with Gasteiger partial charge in [0.25, 0.3) is 0 Å². The number of nitrogens with one attached hydrogen (secondary N) is 3. The quantitative estimate of drug-likeness (QED) is 0.141. The van der Waals surface area contributed by atoms with Crippen LogP contribution in [0.3, 0.4) is 0 Å². The highest BCUT2D eigenvalue weighted by atomic mass is 16.2. The van der Waals surface area contributed by atoms with Crippen LogP contribution in [0.1, 0.15) is 49.3 Å². The van der Waals surface area contributed by atoms with Gasteiger partial charge in [-0.05, 0) is 106 Å². The summed E-state index contributed by atoms with van der Waals surface area (Å²) in [6.45, 7) is 3.59. The highest BCUT2D eigenvalue weighted by Gasteiger charge is 2.40. The standard InChI is InChI=1S/C46H51N7O4/c1-50(2)42(33-13-7-4-8-14-33)46(57)53-25-10-16-41(53)44(55)48-37-21-22-38-35(27-37)28-39(49-38)32-17-19-36(20-18-32)47-43(54)40-15-9-24-52(40)45(56)34-23-26-51(30-34)29-31-11-5-3-6-12-31/h3-8,11-14,17-22,27-28,34,40-42,49H,9-10,15-16,23-26,29-30H2,1-2H3,(H,47,54)(H,48,55)/t34-,40+,41?,42+/m1/s1. The average molecular weight is 766 g/mol. The van der Waals surface area contributed by atoms with Crippen LogP contribution in [0.15, 0.2) is 109 Å². The molecular weight excluding hydrogens is 715 g/mol. The van der Waals surface area contributed by atoms with Crippen molar-refractivity contribution in [3.05, 3.63) is 120 Å². The summed E-state index contributed by atoms with van der Waals surface area (Å²) in [5.74, 6) is -0.394. The van der Waals surface area contributed by atoms with E-state index in [1.165, 1.54) is 5.56 Å². The number of nitrogens with zero attached hydrogens (tertiary/aromatic N) is 4. The second kappa shape index (κ2) is 16.8. The van der Waals surface area contributed by atoms with Gasteiger partial charge >= 0.3 is 0 Å². The minimum absolute atomic E-state index is 0.0680. The van der Waals surface area contributed by atoms with Gasteiger partial charge in [-0.3, -0.25) is 29.0 Å². The summed E-state index contributed by atoms with van der Waals surface area (Å²) < 4.78 is 0. The Hall–Kier alpha value is -5.78. The SMILES string of the molecule is CN(C)[C@H](C(=O)N1CCCC1C(=O)Nc1ccc2[nH]c(-c3ccc(NC(=O)[C@@H]4CCCN4C(=O)[C@@H]4CCN(Cc5ccccc5)C4)cc3)cc2c1)c1ccccc1. The Bertz CT molecular complexity index is 2220. The molecule has 3 aliphatic heterocycles. The molecule has 1 unspecified atom stereocenters. The molecule has 1 aromatic heterocycles. The summed E-state index contributed by atoms with van der Waals surface area (Å²) >= 11 is 0. The maximum atomic E-state index is 13.8. The third-order valence-electron chi connectivity index (χ3n) is 11.8. The number of aromatic amines is 1. The molecule has 4 heterocycles. The normalized spacial score (nSPS) is 20.3. The van der Waals surface area contributed by atoms with Gasteiger partial charge in [-0.15, -0.1) is 0 Å². The van der Waals surface area contributed by atoms with Crippen molar-refractivity contribution in [3.63, 3.8) is 0 Å². The lowest BCUT2D eigenvalue weighted by atomic mass is 10.0. The monoisotopic (exact) mass is 765 g/mol. The fraction of sp³-hybridized carbons (Fsp3) is 0.348. The molecule has 3 fully saturated rings. The first-order chi connectivity index (χ1) is 27.7. The Morgan fingerprint density at radius 2 is 1.35 bits per heavy atom. The molecule has 0 aliphatic carbocycles. The maximum Gasteiger partial charge on any atom is 0.247 e. The van der Waals surface area contributed by atoms with Crippen molar-refractivity contribution >= 4 is 45.9 Å². The van der Waals surface area contributed by atoms with E-state index < -0.39 is 18.1 Å². The molecule has 11 nitrogen and oxygen atoms in total. The Balaban J connectivity index is 0.872. The van der Waals surface area contributed by atoms with E-state index in [0.29, 0.717) is 37.3 Å². The van der Waals surface area contributed by atoms with E-state index in [2.05, 4.69) is 32.7 Å². The van der Waals surface area contributed by atoms with Crippen LogP contribution in [0.4, 0.5) is 11.4 Å². The second-order valence-electron chi connectivity index (χ2n) is 15.9. The number of H-pyrrole nitrogens is 1. The number of fused-ring (bicyclic) bond motifs is 1. The van der Waals surface area contributed by atoms with Crippen molar-refractivity contribution in [2.75, 3.05) is 50.9 Å². The zero-order valence-electron chi connectivity index (χ0n) is 32.7. The molecule has 3 saturated heterocycles. The first kappa shape index (κ1) is 38.1. The number of anilines is 2. The Morgan fingerprint density at radius 1 is 0.719 bits per heavy atom. The largest absolute Gasteiger partial charge is 0.355 e. The Morgan fingerprint density at radius 3 is 2.05 bits per heavy atom. The van der Waals surface area contributed by atoms with Crippen LogP contribution in [0.2, 0.25) is 0 Å². The number of aromatic nitrogens is 1. The summed E-state index contributed by atoms with van der Waals surface area (Å²) in [7, 11) is 3.78. The minimum Gasteiger partial charge on any atom is -0.355 e. The van der Waals surface area contributed by atoms with E-state index in [1.807, 2.05) is 116 Å². The molecule has 11 heteroatoms. The van der Waals surface area contributed by atoms with Gasteiger partial charge in [0, 0.05) is 54.2 Å². The van der Waals surface area contributed by atoms with Gasteiger partial charge in [0.05, 0.1) is 5.92 Å². The summed E-state index contributed by atoms with van der Waals surface area (Å²) in [6, 6.07) is 34.0. The first-order valence-corrected chi connectivity index (χ1v) is 20.2. The van der Waals surface area contributed by atoms with Gasteiger partial charge in [0.2, 0.25) is 23.6 Å². The lowest BCUT2D eigenvalue weighted by molar-refractivity contribution is -0.140. The average Bonchev–Trinajstić information content (AvgIpc) is 4.06. The van der Waals surface area contributed by atoms with Crippen molar-refractivity contribution < 1.29 is 19.2 Å². The fourth-order valence-electron chi connectivity index (χ4n) is 8.86. The number of likely N-dealkylation sites (N-methyl/N-ethyl adjacent to an activating group) is 1. The molecule has 0 spiro atoms. The summed E-state index contributed by atoms with van der Waals surface area (Å²) in [5.41, 5.74) is 6.27. The number of hydrogen-bond donors (Lipinski definition) is 3. The molecule has 0 bridgehead atoms. The van der Waals surface area contributed by atoms with Gasteiger partial charge in [0.15, 0.2) is 0 Å². The van der Waals surface area contributed by atoms with E-state index in [4.69, 9.17) is 0 Å². The number of carbonyl (C=O) groups excluding carboxylic acids is 4. The van der Waals surface area contributed by atoms with Crippen LogP contribution in [0.5, 0.6) is 0 Å². The van der Waals surface area contributed by atoms with Crippen LogP contribution < -0.4 is 10.6 Å². The zero-order chi connectivity index (χ0) is 39.5. The lowest BCUT2D eigenvalue weighted by Crippen LogP contribution is -2.47. The van der Waals surface area contributed by atoms with Gasteiger partial charge < -0.3 is 25.4 Å². The molecule has 4 aromatic carbocycles. The third kappa shape index (κ3) is 8.36. The van der Waals surface area contributed by atoms with Gasteiger partial charge in [-0.2, -0.15) is 0 Å². The predicted octanol–water partition coefficient (Wildman–Crippen LogP) is 6.52. The molecule has 3 N–H and O–H groups in total. The summed E-state index contributed by atoms with van der Waals surface area (Å²) in [5, 5.41) is 7.08. The van der Waals surface area contributed by atoms with E-state index in [0.717, 1.165) is 66.6 Å². The van der Waals surface area contributed by atoms with Crippen LogP contribution in [-0.2, 0) is 25.7 Å². The van der Waals surface area contributed by atoms with Gasteiger partial charge in [-0.25, -0.2) is 0 Å². The smallest absolute Gasteiger partial charge is 0.247 e. The summed E-state index contributed by atoms with van der Waals surface area (Å²) in [6.07, 6.45) is 3.69. The maximum absolute atomic E-state index is 13.8. The van der Waals surface area contributed by atoms with Crippen molar-refractivity contribution in [1.82, 2.24) is 24.6 Å². The highest BCUT2D eigenvalue weighted by molar-refractivity contribution is 6.01. The molecule has 8 rings (SSSR count). The molecular formula is C46H51N7O4. The van der Waals surface area contributed by atoms with Crippen molar-refractivity contribution in [2.45, 2.75) is 56.8 Å². The molecule has 4 atom stereocenters. The van der Waals surface area contributed by atoms with Crippen LogP contribution in [0.25, 0.3) is 22.2 Å². The minimum atomic E-state index is -0.541. The molecule has 294 valence electrons. The fourth-order valence-corrected chi connectivity index (χ4v) is 8.86. The molecule has 4 amide bonds. The van der Waals surface area contributed by atoms with Crippen LogP contribution in [-0.4, -0.2) is 101 Å². The highest BCUT2D eigenvalue weighted by Crippen LogP contribution is 2.31. The lowest BCUT2D eigenvalue weighted by Gasteiger charge is -2.31. The molecule has 3 aliphatic rings. The van der Waals surface area contributed by atoms with E-state index in [9.17, 15) is 19.2 Å². The first-order valence-electron chi connectivity index (χ1n) is 20.2. The topological polar surface area (TPSA) is 121 Å². The van der Waals surface area contributed by atoms with Crippen molar-refractivity contribution in [2.24, 2.45) is 5.92 Å². The van der Waals surface area contributed by atoms with Crippen LogP contribution >= 0.6 is 0 Å². The number of hydrogen-bond acceptors (Lipinski definition) is 6. The zero-order valence-corrected chi connectivity index (χ0v) is 32.7. The number of likely N-dealkylation sites (tertiary alicyclic amines) is 3. The number of benzene rings is 4. The van der Waals surface area contributed by atoms with Gasteiger partial charge in [0.1, 0.15) is 18.1 Å². The molecule has 0 radical (unpaired) electrons. The second-order valence-corrected chi connectivity index (χ2v) is 15.9. The van der Waals surface area contributed by atoms with E-state index >= 15 is 0 Å². The Kier molecular flexibility index (Phi) is 11.2. The third-order valence-corrected chi connectivity index (χ3v) is 11.8. The molecule has 5 aromatic rings. The van der Waals surface area contributed by atoms with E-state index in [-0.39, 0.29) is 29.5 Å². The summed E-state index contributed by atoms with van der Waals surface area (Å²) in [4.78, 5) is 65.8. The predicted molar refractivity (Wildman–Crippen MR) is 223 cm³/mol.